The Morgan fingerprint density at radius 1 is 0.611 bits per heavy atom. The van der Waals surface area contributed by atoms with Crippen LogP contribution in [0.25, 0.3) is 0 Å². The Balaban J connectivity index is 4.97. The topological polar surface area (TPSA) is 121 Å². The van der Waals surface area contributed by atoms with Gasteiger partial charge in [-0.05, 0) is 38.8 Å². The SMILES string of the molecule is CC(C)=C(O)C(O)C(O)C(O)C(O)C(O)=C(C)C. The van der Waals surface area contributed by atoms with Crippen LogP contribution in [0.5, 0.6) is 0 Å². The van der Waals surface area contributed by atoms with Crippen LogP contribution < -0.4 is 0 Å². The van der Waals surface area contributed by atoms with E-state index in [9.17, 15) is 30.6 Å². The van der Waals surface area contributed by atoms with Crippen molar-refractivity contribution in [3.63, 3.8) is 0 Å². The Kier molecular flexibility index (Phi) is 6.34. The lowest BCUT2D eigenvalue weighted by atomic mass is 9.98. The van der Waals surface area contributed by atoms with E-state index in [1.807, 2.05) is 0 Å². The van der Waals surface area contributed by atoms with E-state index in [1.165, 1.54) is 27.7 Å². The average molecular weight is 262 g/mol. The molecule has 0 bridgehead atoms. The van der Waals surface area contributed by atoms with Gasteiger partial charge in [-0.1, -0.05) is 0 Å². The van der Waals surface area contributed by atoms with Crippen LogP contribution >= 0.6 is 0 Å². The zero-order valence-corrected chi connectivity index (χ0v) is 11.0. The predicted molar refractivity (Wildman–Crippen MR) is 66.0 cm³/mol. The summed E-state index contributed by atoms with van der Waals surface area (Å²) in [5.74, 6) is -0.962. The molecule has 4 atom stereocenters. The van der Waals surface area contributed by atoms with Gasteiger partial charge in [0.05, 0.1) is 0 Å². The molecular formula is C12H22O6. The van der Waals surface area contributed by atoms with E-state index in [4.69, 9.17) is 0 Å². The van der Waals surface area contributed by atoms with Crippen molar-refractivity contribution in [3.8, 4) is 0 Å². The van der Waals surface area contributed by atoms with Crippen molar-refractivity contribution in [1.82, 2.24) is 0 Å². The predicted octanol–water partition coefficient (Wildman–Crippen LogP) is 0.134. The molecule has 0 amide bonds. The van der Waals surface area contributed by atoms with Gasteiger partial charge >= 0.3 is 0 Å². The van der Waals surface area contributed by atoms with Gasteiger partial charge in [-0.3, -0.25) is 0 Å². The lowest BCUT2D eigenvalue weighted by Gasteiger charge is -2.26. The molecule has 6 N–H and O–H groups in total. The van der Waals surface area contributed by atoms with E-state index in [0.717, 1.165) is 0 Å². The fraction of sp³-hybridized carbons (Fsp3) is 0.667. The molecule has 0 saturated carbocycles. The number of rotatable bonds is 5. The molecule has 6 nitrogen and oxygen atoms in total. The van der Waals surface area contributed by atoms with Crippen molar-refractivity contribution in [2.75, 3.05) is 0 Å². The third kappa shape index (κ3) is 3.99. The maximum atomic E-state index is 9.62. The van der Waals surface area contributed by atoms with Crippen LogP contribution in [0.15, 0.2) is 22.7 Å². The Morgan fingerprint density at radius 2 is 0.833 bits per heavy atom. The van der Waals surface area contributed by atoms with Crippen molar-refractivity contribution in [2.24, 2.45) is 0 Å². The van der Waals surface area contributed by atoms with E-state index in [-0.39, 0.29) is 0 Å². The molecule has 0 radical (unpaired) electrons. The molecule has 0 aliphatic heterocycles. The first-order valence-electron chi connectivity index (χ1n) is 5.56. The second-order valence-electron chi connectivity index (χ2n) is 4.64. The third-order valence-corrected chi connectivity index (χ3v) is 2.58. The molecule has 0 aromatic rings. The molecule has 0 rings (SSSR count). The highest BCUT2D eigenvalue weighted by atomic mass is 16.4. The first kappa shape index (κ1) is 16.9. The van der Waals surface area contributed by atoms with Gasteiger partial charge < -0.3 is 30.6 Å². The maximum Gasteiger partial charge on any atom is 0.139 e. The van der Waals surface area contributed by atoms with Crippen LogP contribution in [-0.4, -0.2) is 55.1 Å². The van der Waals surface area contributed by atoms with Gasteiger partial charge in [0, 0.05) is 0 Å². The van der Waals surface area contributed by atoms with Crippen molar-refractivity contribution in [2.45, 2.75) is 52.1 Å². The highest BCUT2D eigenvalue weighted by Gasteiger charge is 2.34. The summed E-state index contributed by atoms with van der Waals surface area (Å²) in [6.07, 6.45) is -7.11. The first-order chi connectivity index (χ1) is 8.11. The second kappa shape index (κ2) is 6.75. The minimum atomic E-state index is -1.82. The fourth-order valence-electron chi connectivity index (χ4n) is 1.29. The standard InChI is InChI=1S/C12H22O6/c1-5(2)7(13)9(15)11(17)12(18)10(16)8(14)6(3)4/h9-18H,1-4H3. The Hall–Kier alpha value is -1.08. The molecule has 0 aromatic carbocycles. The second-order valence-corrected chi connectivity index (χ2v) is 4.64. The van der Waals surface area contributed by atoms with Crippen LogP contribution in [0.4, 0.5) is 0 Å². The van der Waals surface area contributed by atoms with E-state index in [2.05, 4.69) is 0 Å². The summed E-state index contributed by atoms with van der Waals surface area (Å²) in [6.45, 7) is 6.06. The summed E-state index contributed by atoms with van der Waals surface area (Å²) in [7, 11) is 0. The van der Waals surface area contributed by atoms with Gasteiger partial charge in [0.2, 0.25) is 0 Å². The molecule has 0 aliphatic rings. The third-order valence-electron chi connectivity index (χ3n) is 2.58. The summed E-state index contributed by atoms with van der Waals surface area (Å²) >= 11 is 0. The van der Waals surface area contributed by atoms with E-state index >= 15 is 0 Å². The minimum absolute atomic E-state index is 0.370. The smallest absolute Gasteiger partial charge is 0.139 e. The Bertz CT molecular complexity index is 304. The highest BCUT2D eigenvalue weighted by Crippen LogP contribution is 2.17. The molecule has 106 valence electrons. The van der Waals surface area contributed by atoms with Gasteiger partial charge in [0.25, 0.3) is 0 Å². The molecule has 0 aromatic heterocycles. The molecule has 0 aliphatic carbocycles. The quantitative estimate of drug-likeness (QED) is 0.392. The monoisotopic (exact) mass is 262 g/mol. The van der Waals surface area contributed by atoms with Crippen molar-refractivity contribution >= 4 is 0 Å². The van der Waals surface area contributed by atoms with Crippen LogP contribution in [0.3, 0.4) is 0 Å². The number of aliphatic hydroxyl groups is 6. The van der Waals surface area contributed by atoms with Crippen LogP contribution in [0.2, 0.25) is 0 Å². The molecule has 0 fully saturated rings. The van der Waals surface area contributed by atoms with E-state index in [0.29, 0.717) is 11.1 Å². The van der Waals surface area contributed by atoms with Crippen molar-refractivity contribution in [1.29, 1.82) is 0 Å². The van der Waals surface area contributed by atoms with Crippen LogP contribution in [-0.2, 0) is 0 Å². The zero-order chi connectivity index (χ0) is 14.6. The Labute approximate surface area is 106 Å². The van der Waals surface area contributed by atoms with E-state index in [1.54, 1.807) is 0 Å². The maximum absolute atomic E-state index is 9.62. The lowest BCUT2D eigenvalue weighted by molar-refractivity contribution is -0.101. The van der Waals surface area contributed by atoms with Crippen LogP contribution in [0, 0.1) is 0 Å². The molecule has 0 saturated heterocycles. The van der Waals surface area contributed by atoms with Gasteiger partial charge in [0.1, 0.15) is 35.9 Å². The van der Waals surface area contributed by atoms with Gasteiger partial charge in [-0.25, -0.2) is 0 Å². The molecule has 18 heavy (non-hydrogen) atoms. The zero-order valence-electron chi connectivity index (χ0n) is 11.0. The summed E-state index contributed by atoms with van der Waals surface area (Å²) in [6, 6.07) is 0. The molecular weight excluding hydrogens is 240 g/mol. The number of aliphatic hydroxyl groups excluding tert-OH is 6. The number of hydrogen-bond donors (Lipinski definition) is 6. The summed E-state index contributed by atoms with van der Waals surface area (Å²) in [5, 5.41) is 57.3. The van der Waals surface area contributed by atoms with Gasteiger partial charge in [-0.2, -0.15) is 0 Å². The van der Waals surface area contributed by atoms with Crippen molar-refractivity contribution < 1.29 is 30.6 Å². The Morgan fingerprint density at radius 3 is 1.00 bits per heavy atom. The normalized spacial score (nSPS) is 17.6. The molecule has 0 spiro atoms. The van der Waals surface area contributed by atoms with Gasteiger partial charge in [0.15, 0.2) is 0 Å². The van der Waals surface area contributed by atoms with Gasteiger partial charge in [-0.15, -0.1) is 0 Å². The first-order valence-corrected chi connectivity index (χ1v) is 5.56. The van der Waals surface area contributed by atoms with Crippen LogP contribution in [0.1, 0.15) is 27.7 Å². The minimum Gasteiger partial charge on any atom is -0.510 e. The summed E-state index contributed by atoms with van der Waals surface area (Å²) in [4.78, 5) is 0. The average Bonchev–Trinajstić information content (AvgIpc) is 2.32. The molecule has 4 unspecified atom stereocenters. The lowest BCUT2D eigenvalue weighted by Crippen LogP contribution is -2.46. The van der Waals surface area contributed by atoms with E-state index < -0.39 is 35.9 Å². The largest absolute Gasteiger partial charge is 0.510 e. The molecule has 0 heterocycles. The number of hydrogen-bond acceptors (Lipinski definition) is 6. The summed E-state index contributed by atoms with van der Waals surface area (Å²) < 4.78 is 0. The van der Waals surface area contributed by atoms with Crippen molar-refractivity contribution in [3.05, 3.63) is 22.7 Å². The summed E-state index contributed by atoms with van der Waals surface area (Å²) in [5.41, 5.74) is 0.740. The number of allylic oxidation sites excluding steroid dienone is 2. The highest BCUT2D eigenvalue weighted by molar-refractivity contribution is 5.13. The fourth-order valence-corrected chi connectivity index (χ4v) is 1.29. The molecule has 6 heteroatoms.